The van der Waals surface area contributed by atoms with Crippen molar-refractivity contribution in [1.82, 2.24) is 4.90 Å². The molecular formula is C20H28F3NO6S. The van der Waals surface area contributed by atoms with E-state index in [4.69, 9.17) is 9.47 Å². The first kappa shape index (κ1) is 25.3. The summed E-state index contributed by atoms with van der Waals surface area (Å²) in [6.07, 6.45) is -0.233. The van der Waals surface area contributed by atoms with Crippen LogP contribution in [0.25, 0.3) is 0 Å². The molecule has 1 aromatic carbocycles. The zero-order valence-corrected chi connectivity index (χ0v) is 19.0. The van der Waals surface area contributed by atoms with Gasteiger partial charge in [-0.3, -0.25) is 4.18 Å². The van der Waals surface area contributed by atoms with E-state index in [-0.39, 0.29) is 12.5 Å². The van der Waals surface area contributed by atoms with Crippen molar-refractivity contribution in [2.45, 2.75) is 51.1 Å². The summed E-state index contributed by atoms with van der Waals surface area (Å²) in [5.74, 6) is 0.244. The second-order valence-electron chi connectivity index (χ2n) is 8.83. The lowest BCUT2D eigenvalue weighted by atomic mass is 9.69. The van der Waals surface area contributed by atoms with E-state index < -0.39 is 39.3 Å². The minimum absolute atomic E-state index is 0.0357. The average Bonchev–Trinajstić information content (AvgIpc) is 2.64. The maximum absolute atomic E-state index is 12.8. The number of ether oxygens (including phenoxy) is 2. The summed E-state index contributed by atoms with van der Waals surface area (Å²) in [4.78, 5) is 13.9. The van der Waals surface area contributed by atoms with Crippen LogP contribution in [0.5, 0.6) is 5.75 Å². The second-order valence-corrected chi connectivity index (χ2v) is 10.4. The van der Waals surface area contributed by atoms with Gasteiger partial charge in [-0.05, 0) is 50.8 Å². The molecular weight excluding hydrogens is 439 g/mol. The summed E-state index contributed by atoms with van der Waals surface area (Å²) in [5.41, 5.74) is -6.63. The van der Waals surface area contributed by atoms with Crippen LogP contribution >= 0.6 is 0 Å². The zero-order valence-electron chi connectivity index (χ0n) is 18.2. The number of likely N-dealkylation sites (tertiary alicyclic amines) is 1. The normalized spacial score (nSPS) is 22.8. The van der Waals surface area contributed by atoms with Crippen molar-refractivity contribution in [2.75, 3.05) is 26.8 Å². The first-order valence-corrected chi connectivity index (χ1v) is 11.1. The van der Waals surface area contributed by atoms with Gasteiger partial charge in [0.05, 0.1) is 13.7 Å². The Balaban J connectivity index is 2.33. The number of carbonyl (C=O) groups excluding carboxylic acids is 1. The van der Waals surface area contributed by atoms with E-state index in [1.54, 1.807) is 52.0 Å². The molecule has 0 N–H and O–H groups in total. The summed E-state index contributed by atoms with van der Waals surface area (Å²) >= 11 is 0. The molecule has 1 aliphatic rings. The molecule has 1 aromatic rings. The molecule has 1 aliphatic heterocycles. The molecule has 1 amide bonds. The quantitative estimate of drug-likeness (QED) is 0.475. The monoisotopic (exact) mass is 467 g/mol. The van der Waals surface area contributed by atoms with Gasteiger partial charge >= 0.3 is 21.7 Å². The first-order valence-electron chi connectivity index (χ1n) is 9.65. The SMILES string of the molecule is COc1ccc([C@@H]2CCN(C(=O)OC(C)(C)C)C[C@]2(C)COS(=O)(=O)C(F)(F)F)cc1. The van der Waals surface area contributed by atoms with Crippen LogP contribution < -0.4 is 4.74 Å². The van der Waals surface area contributed by atoms with Gasteiger partial charge in [0.1, 0.15) is 11.4 Å². The van der Waals surface area contributed by atoms with Gasteiger partial charge in [0.15, 0.2) is 0 Å². The standard InChI is InChI=1S/C20H28F3NO6S/c1-18(2,3)30-17(25)24-11-10-16(14-6-8-15(28-5)9-7-14)19(4,12-24)13-29-31(26,27)20(21,22)23/h6-9,16H,10-13H2,1-5H3/t16-,19+/m0/s1. The fourth-order valence-corrected chi connectivity index (χ4v) is 4.13. The highest BCUT2D eigenvalue weighted by molar-refractivity contribution is 7.87. The van der Waals surface area contributed by atoms with Crippen LogP contribution in [0.3, 0.4) is 0 Å². The molecule has 176 valence electrons. The number of rotatable bonds is 5. The van der Waals surface area contributed by atoms with E-state index in [9.17, 15) is 26.4 Å². The molecule has 1 fully saturated rings. The van der Waals surface area contributed by atoms with E-state index in [2.05, 4.69) is 4.18 Å². The average molecular weight is 468 g/mol. The number of nitrogens with zero attached hydrogens (tertiary/aromatic N) is 1. The van der Waals surface area contributed by atoms with E-state index in [0.717, 1.165) is 5.56 Å². The van der Waals surface area contributed by atoms with Gasteiger partial charge in [-0.1, -0.05) is 19.1 Å². The van der Waals surface area contributed by atoms with Gasteiger partial charge in [-0.2, -0.15) is 21.6 Å². The molecule has 0 saturated carbocycles. The van der Waals surface area contributed by atoms with E-state index >= 15 is 0 Å². The summed E-state index contributed by atoms with van der Waals surface area (Å²) < 4.78 is 76.3. The third kappa shape index (κ3) is 6.25. The lowest BCUT2D eigenvalue weighted by Crippen LogP contribution is -2.52. The Morgan fingerprint density at radius 1 is 1.19 bits per heavy atom. The smallest absolute Gasteiger partial charge is 0.497 e. The van der Waals surface area contributed by atoms with Crippen molar-refractivity contribution in [3.8, 4) is 5.75 Å². The Bertz CT molecular complexity index is 880. The van der Waals surface area contributed by atoms with Crippen molar-refractivity contribution < 1.29 is 40.0 Å². The van der Waals surface area contributed by atoms with E-state index in [1.807, 2.05) is 0 Å². The molecule has 0 radical (unpaired) electrons. The maximum Gasteiger partial charge on any atom is 0.523 e. The molecule has 11 heteroatoms. The van der Waals surface area contributed by atoms with Crippen molar-refractivity contribution in [1.29, 1.82) is 0 Å². The Morgan fingerprint density at radius 3 is 2.26 bits per heavy atom. The maximum atomic E-state index is 12.8. The fourth-order valence-electron chi connectivity index (χ4n) is 3.57. The molecule has 0 spiro atoms. The number of hydrogen-bond acceptors (Lipinski definition) is 6. The summed E-state index contributed by atoms with van der Waals surface area (Å²) in [6.45, 7) is 6.22. The minimum Gasteiger partial charge on any atom is -0.497 e. The number of methoxy groups -OCH3 is 1. The number of amides is 1. The van der Waals surface area contributed by atoms with Gasteiger partial charge < -0.3 is 14.4 Å². The van der Waals surface area contributed by atoms with Gasteiger partial charge in [0, 0.05) is 18.5 Å². The van der Waals surface area contributed by atoms with Crippen molar-refractivity contribution in [3.63, 3.8) is 0 Å². The van der Waals surface area contributed by atoms with Gasteiger partial charge in [0.2, 0.25) is 0 Å². The summed E-state index contributed by atoms with van der Waals surface area (Å²) in [5, 5.41) is 0. The number of piperidine rings is 1. The highest BCUT2D eigenvalue weighted by Crippen LogP contribution is 2.44. The molecule has 7 nitrogen and oxygen atoms in total. The summed E-state index contributed by atoms with van der Waals surface area (Å²) in [7, 11) is -4.26. The van der Waals surface area contributed by atoms with Crippen LogP contribution in [0.4, 0.5) is 18.0 Å². The van der Waals surface area contributed by atoms with Gasteiger partial charge in [-0.25, -0.2) is 4.79 Å². The third-order valence-electron chi connectivity index (χ3n) is 5.08. The summed E-state index contributed by atoms with van der Waals surface area (Å²) in [6, 6.07) is 6.96. The molecule has 31 heavy (non-hydrogen) atoms. The van der Waals surface area contributed by atoms with Crippen molar-refractivity contribution in [3.05, 3.63) is 29.8 Å². The molecule has 2 rings (SSSR count). The van der Waals surface area contributed by atoms with Crippen LogP contribution in [-0.4, -0.2) is 57.3 Å². The van der Waals surface area contributed by atoms with E-state index in [0.29, 0.717) is 18.7 Å². The highest BCUT2D eigenvalue weighted by atomic mass is 32.2. The number of halogens is 3. The molecule has 1 saturated heterocycles. The number of alkyl halides is 3. The molecule has 0 aliphatic carbocycles. The number of hydrogen-bond donors (Lipinski definition) is 0. The molecule has 0 unspecified atom stereocenters. The van der Waals surface area contributed by atoms with Crippen molar-refractivity contribution >= 4 is 16.2 Å². The zero-order chi connectivity index (χ0) is 23.7. The van der Waals surface area contributed by atoms with Crippen molar-refractivity contribution in [2.24, 2.45) is 5.41 Å². The lowest BCUT2D eigenvalue weighted by Gasteiger charge is -2.46. The van der Waals surface area contributed by atoms with Crippen LogP contribution in [-0.2, 0) is 19.0 Å². The largest absolute Gasteiger partial charge is 0.523 e. The molecule has 2 atom stereocenters. The number of carbonyl (C=O) groups is 1. The fraction of sp³-hybridized carbons (Fsp3) is 0.650. The molecule has 0 aromatic heterocycles. The Kier molecular flexibility index (Phi) is 7.21. The van der Waals surface area contributed by atoms with Crippen LogP contribution in [0.15, 0.2) is 24.3 Å². The third-order valence-corrected chi connectivity index (χ3v) is 6.07. The number of benzene rings is 1. The van der Waals surface area contributed by atoms with Crippen LogP contribution in [0.2, 0.25) is 0 Å². The van der Waals surface area contributed by atoms with Gasteiger partial charge in [-0.15, -0.1) is 0 Å². The molecule has 1 heterocycles. The first-order chi connectivity index (χ1) is 14.1. The lowest BCUT2D eigenvalue weighted by molar-refractivity contribution is -0.0597. The van der Waals surface area contributed by atoms with Gasteiger partial charge in [0.25, 0.3) is 0 Å². The Morgan fingerprint density at radius 2 is 1.77 bits per heavy atom. The second kappa shape index (κ2) is 8.85. The minimum atomic E-state index is -5.77. The topological polar surface area (TPSA) is 82.1 Å². The van der Waals surface area contributed by atoms with Crippen LogP contribution in [0, 0.1) is 5.41 Å². The highest BCUT2D eigenvalue weighted by Gasteiger charge is 2.50. The Labute approximate surface area is 180 Å². The molecule has 0 bridgehead atoms. The van der Waals surface area contributed by atoms with E-state index in [1.165, 1.54) is 12.0 Å². The Hall–Kier alpha value is -2.01. The predicted molar refractivity (Wildman–Crippen MR) is 107 cm³/mol. The van der Waals surface area contributed by atoms with Crippen LogP contribution in [0.1, 0.15) is 45.6 Å². The predicted octanol–water partition coefficient (Wildman–Crippen LogP) is 4.29.